The lowest BCUT2D eigenvalue weighted by atomic mass is 9.99. The summed E-state index contributed by atoms with van der Waals surface area (Å²) >= 11 is 0. The first-order chi connectivity index (χ1) is 22.9. The van der Waals surface area contributed by atoms with Gasteiger partial charge in [0.1, 0.15) is 6.61 Å². The number of nitrogens with zero attached hydrogens (tertiary/aromatic N) is 3. The second kappa shape index (κ2) is 13.8. The maximum Gasteiger partial charge on any atom is 0.387 e. The molecule has 3 heterocycles. The number of alkyl halides is 2. The molecule has 15 heteroatoms. The molecule has 2 aliphatic heterocycles. The Kier molecular flexibility index (Phi) is 9.72. The predicted molar refractivity (Wildman–Crippen MR) is 166 cm³/mol. The highest BCUT2D eigenvalue weighted by Gasteiger charge is 2.35. The van der Waals surface area contributed by atoms with Crippen LogP contribution in [0.15, 0.2) is 53.4 Å². The summed E-state index contributed by atoms with van der Waals surface area (Å²) in [7, 11) is -3.23. The van der Waals surface area contributed by atoms with Crippen molar-refractivity contribution in [2.24, 2.45) is 0 Å². The maximum absolute atomic E-state index is 14.6. The van der Waals surface area contributed by atoms with Crippen molar-refractivity contribution in [3.63, 3.8) is 0 Å². The average Bonchev–Trinajstić information content (AvgIpc) is 3.48. The Bertz CT molecular complexity index is 1940. The summed E-state index contributed by atoms with van der Waals surface area (Å²) in [5.41, 5.74) is 3.26. The molecule has 1 aromatic heterocycles. The van der Waals surface area contributed by atoms with Crippen molar-refractivity contribution in [3.8, 4) is 11.6 Å². The fourth-order valence-electron chi connectivity index (χ4n) is 6.27. The van der Waals surface area contributed by atoms with Crippen LogP contribution in [0.4, 0.5) is 32.0 Å². The van der Waals surface area contributed by atoms with Gasteiger partial charge in [-0.1, -0.05) is 36.4 Å². The van der Waals surface area contributed by atoms with Crippen LogP contribution in [-0.2, 0) is 29.4 Å². The Morgan fingerprint density at radius 3 is 2.50 bits per heavy atom. The van der Waals surface area contributed by atoms with E-state index in [0.717, 1.165) is 47.1 Å². The molecular weight excluding hydrogens is 662 g/mol. The molecule has 48 heavy (non-hydrogen) atoms. The van der Waals surface area contributed by atoms with Crippen molar-refractivity contribution in [3.05, 3.63) is 88.6 Å². The molecule has 8 nitrogen and oxygen atoms in total. The first-order valence-corrected chi connectivity index (χ1v) is 16.8. The third kappa shape index (κ3) is 6.76. The Labute approximate surface area is 273 Å². The second-order valence-electron chi connectivity index (χ2n) is 11.8. The third-order valence-corrected chi connectivity index (χ3v) is 10.2. The van der Waals surface area contributed by atoms with E-state index in [1.807, 2.05) is 48.2 Å². The van der Waals surface area contributed by atoms with Gasteiger partial charge in [0.25, 0.3) is 0 Å². The molecule has 2 aliphatic rings. The van der Waals surface area contributed by atoms with Gasteiger partial charge in [0.2, 0.25) is 27.5 Å². The van der Waals surface area contributed by atoms with Crippen molar-refractivity contribution in [1.29, 1.82) is 0 Å². The molecule has 1 atom stereocenters. The van der Waals surface area contributed by atoms with Gasteiger partial charge in [-0.2, -0.15) is 13.2 Å². The Morgan fingerprint density at radius 2 is 1.75 bits per heavy atom. The minimum absolute atomic E-state index is 0.0683. The number of ether oxygens (including phenoxy) is 2. The lowest BCUT2D eigenvalue weighted by Gasteiger charge is -2.32. The number of pyridine rings is 1. The summed E-state index contributed by atoms with van der Waals surface area (Å²) in [5, 5.41) is 2.21. The molecule has 0 aliphatic carbocycles. The van der Waals surface area contributed by atoms with Crippen LogP contribution in [0.25, 0.3) is 10.8 Å². The number of aromatic nitrogens is 1. The number of fused-ring (bicyclic) bond motifs is 2. The lowest BCUT2D eigenvalue weighted by molar-refractivity contribution is -0.0551. The van der Waals surface area contributed by atoms with Gasteiger partial charge in [0.15, 0.2) is 22.3 Å². The molecular formula is C33H32F6N4O4S. The molecule has 6 rings (SSSR count). The maximum atomic E-state index is 14.6. The van der Waals surface area contributed by atoms with E-state index in [1.165, 1.54) is 0 Å². The van der Waals surface area contributed by atoms with Crippen LogP contribution in [0, 0.1) is 23.3 Å². The largest absolute Gasteiger partial charge is 0.476 e. The van der Waals surface area contributed by atoms with Gasteiger partial charge < -0.3 is 19.3 Å². The summed E-state index contributed by atoms with van der Waals surface area (Å²) in [6.45, 7) is -1.92. The van der Waals surface area contributed by atoms with E-state index in [1.54, 1.807) is 0 Å². The van der Waals surface area contributed by atoms with Crippen LogP contribution in [0.1, 0.15) is 29.7 Å². The van der Waals surface area contributed by atoms with Crippen LogP contribution in [0.3, 0.4) is 0 Å². The molecule has 0 saturated carbocycles. The van der Waals surface area contributed by atoms with Crippen molar-refractivity contribution < 1.29 is 44.2 Å². The number of benzene rings is 3. The van der Waals surface area contributed by atoms with E-state index in [-0.39, 0.29) is 18.3 Å². The number of anilines is 1. The quantitative estimate of drug-likeness (QED) is 0.118. The second-order valence-corrected chi connectivity index (χ2v) is 13.5. The van der Waals surface area contributed by atoms with Crippen LogP contribution in [0.5, 0.6) is 11.6 Å². The molecule has 256 valence electrons. The monoisotopic (exact) mass is 694 g/mol. The third-order valence-electron chi connectivity index (χ3n) is 8.76. The zero-order chi connectivity index (χ0) is 34.2. The molecule has 0 amide bonds. The summed E-state index contributed by atoms with van der Waals surface area (Å²) in [6.07, 6.45) is 2.48. The average molecular weight is 695 g/mol. The van der Waals surface area contributed by atoms with Gasteiger partial charge in [-0.05, 0) is 62.4 Å². The van der Waals surface area contributed by atoms with Crippen LogP contribution in [-0.4, -0.2) is 64.2 Å². The van der Waals surface area contributed by atoms with Gasteiger partial charge in [-0.25, -0.2) is 31.3 Å². The van der Waals surface area contributed by atoms with Crippen molar-refractivity contribution in [2.45, 2.75) is 49.8 Å². The van der Waals surface area contributed by atoms with Gasteiger partial charge in [-0.3, -0.25) is 0 Å². The number of nitrogens with one attached hydrogen (secondary N) is 1. The first kappa shape index (κ1) is 33.8. The van der Waals surface area contributed by atoms with E-state index in [2.05, 4.69) is 26.7 Å². The first-order valence-electron chi connectivity index (χ1n) is 15.3. The van der Waals surface area contributed by atoms with Crippen molar-refractivity contribution >= 4 is 26.5 Å². The van der Waals surface area contributed by atoms with Crippen molar-refractivity contribution in [1.82, 2.24) is 14.6 Å². The van der Waals surface area contributed by atoms with Crippen LogP contribution < -0.4 is 19.1 Å². The highest BCUT2D eigenvalue weighted by atomic mass is 32.2. The van der Waals surface area contributed by atoms with Crippen LogP contribution in [0.2, 0.25) is 0 Å². The number of halogens is 6. The lowest BCUT2D eigenvalue weighted by Crippen LogP contribution is -2.33. The number of rotatable bonds is 11. The molecule has 1 fully saturated rings. The molecule has 0 bridgehead atoms. The molecule has 1 N–H and O–H groups in total. The Morgan fingerprint density at radius 1 is 1.00 bits per heavy atom. The highest BCUT2D eigenvalue weighted by molar-refractivity contribution is 7.89. The van der Waals surface area contributed by atoms with Crippen LogP contribution >= 0.6 is 0 Å². The minimum Gasteiger partial charge on any atom is -0.476 e. The van der Waals surface area contributed by atoms with E-state index < -0.39 is 57.1 Å². The molecule has 3 aromatic carbocycles. The normalized spacial score (nSPS) is 16.9. The number of hydrogen-bond acceptors (Lipinski definition) is 7. The fraction of sp³-hybridized carbons (Fsp3) is 0.364. The predicted octanol–water partition coefficient (Wildman–Crippen LogP) is 5.95. The standard InChI is InChI=1S/C33H32F6N4O4S/c1-42-14-5-8-22(42)18-46-32-21(11-13-40-48(44,45)31-29(37)27(35)26(34)28(36)30(31)47-33(38)39)16-20-12-15-43(17-24(20)41-32)25-10-4-7-19-6-2-3-9-23(19)25/h2-4,6-7,9-10,16,22,33,40H,5,8,11-15,17-18H2,1H3/t22-/m1/s1. The summed E-state index contributed by atoms with van der Waals surface area (Å²) in [6, 6.07) is 16.2. The van der Waals surface area contributed by atoms with Gasteiger partial charge in [0.05, 0.1) is 12.2 Å². The zero-order valence-corrected chi connectivity index (χ0v) is 26.6. The Balaban J connectivity index is 1.27. The number of hydrogen-bond donors (Lipinski definition) is 1. The summed E-state index contributed by atoms with van der Waals surface area (Å²) in [5.74, 6) is -11.5. The zero-order valence-electron chi connectivity index (χ0n) is 25.8. The molecule has 0 spiro atoms. The fourth-order valence-corrected chi connectivity index (χ4v) is 7.49. The van der Waals surface area contributed by atoms with E-state index in [9.17, 15) is 34.8 Å². The molecule has 0 radical (unpaired) electrons. The molecule has 4 aromatic rings. The molecule has 1 saturated heterocycles. The smallest absolute Gasteiger partial charge is 0.387 e. The molecule has 0 unspecified atom stereocenters. The van der Waals surface area contributed by atoms with E-state index in [4.69, 9.17) is 9.72 Å². The Hall–Kier alpha value is -4.08. The minimum atomic E-state index is -5.22. The van der Waals surface area contributed by atoms with E-state index >= 15 is 0 Å². The van der Waals surface area contributed by atoms with Gasteiger partial charge in [-0.15, -0.1) is 0 Å². The topological polar surface area (TPSA) is 84.0 Å². The number of likely N-dealkylation sites (tertiary alicyclic amines) is 1. The SMILES string of the molecule is CN1CCC[C@@H]1COc1nc2c(cc1CCNS(=O)(=O)c1c(F)c(F)c(F)c(F)c1OC(F)F)CCN(c1cccc3ccccc13)C2. The number of sulfonamides is 1. The van der Waals surface area contributed by atoms with Gasteiger partial charge in [0, 0.05) is 35.8 Å². The highest BCUT2D eigenvalue weighted by Crippen LogP contribution is 2.36. The summed E-state index contributed by atoms with van der Waals surface area (Å²) < 4.78 is 120. The van der Waals surface area contributed by atoms with Gasteiger partial charge >= 0.3 is 6.61 Å². The summed E-state index contributed by atoms with van der Waals surface area (Å²) in [4.78, 5) is 7.35. The number of likely N-dealkylation sites (N-methyl/N-ethyl adjacent to an activating group) is 1. The van der Waals surface area contributed by atoms with Crippen molar-refractivity contribution in [2.75, 3.05) is 38.2 Å². The van der Waals surface area contributed by atoms with E-state index in [0.29, 0.717) is 31.7 Å².